The standard InChI is InChI=1S/C23H25N3O2/c1-17-9-10-21(28-2)20(15-17)26-14-11-19(25-26)22(27)24-16-23(12-6-13-23)18-7-4-3-5-8-18/h3-5,7-11,14-15H,6,12-13,16H2,1-2H3,(H,24,27). The Labute approximate surface area is 165 Å². The van der Waals surface area contributed by atoms with Crippen LogP contribution in [0.4, 0.5) is 0 Å². The third-order valence-electron chi connectivity index (χ3n) is 5.69. The Morgan fingerprint density at radius 2 is 1.96 bits per heavy atom. The molecule has 28 heavy (non-hydrogen) atoms. The van der Waals surface area contributed by atoms with Gasteiger partial charge in [0.05, 0.1) is 7.11 Å². The molecule has 0 aliphatic heterocycles. The van der Waals surface area contributed by atoms with Gasteiger partial charge in [0.1, 0.15) is 11.4 Å². The first-order valence-corrected chi connectivity index (χ1v) is 9.66. The van der Waals surface area contributed by atoms with Crippen molar-refractivity contribution in [3.63, 3.8) is 0 Å². The largest absolute Gasteiger partial charge is 0.494 e. The van der Waals surface area contributed by atoms with Crippen molar-refractivity contribution in [2.45, 2.75) is 31.6 Å². The Morgan fingerprint density at radius 3 is 2.64 bits per heavy atom. The van der Waals surface area contributed by atoms with Crippen molar-refractivity contribution in [2.24, 2.45) is 0 Å². The van der Waals surface area contributed by atoms with E-state index in [0.29, 0.717) is 12.2 Å². The van der Waals surface area contributed by atoms with Crippen LogP contribution in [0.15, 0.2) is 60.8 Å². The fourth-order valence-corrected chi connectivity index (χ4v) is 3.86. The van der Waals surface area contributed by atoms with Gasteiger partial charge < -0.3 is 10.1 Å². The lowest BCUT2D eigenvalue weighted by molar-refractivity contribution is 0.0922. The number of aryl methyl sites for hydroxylation is 1. The van der Waals surface area contributed by atoms with Crippen LogP contribution in [-0.2, 0) is 5.41 Å². The van der Waals surface area contributed by atoms with E-state index in [4.69, 9.17) is 4.74 Å². The molecule has 1 aromatic heterocycles. The second-order valence-electron chi connectivity index (χ2n) is 7.50. The number of aromatic nitrogens is 2. The molecule has 1 aliphatic carbocycles. The molecule has 3 aromatic rings. The second-order valence-corrected chi connectivity index (χ2v) is 7.50. The molecule has 0 atom stereocenters. The Kier molecular flexibility index (Phi) is 4.90. The molecule has 1 saturated carbocycles. The lowest BCUT2D eigenvalue weighted by Gasteiger charge is -2.42. The quantitative estimate of drug-likeness (QED) is 0.707. The van der Waals surface area contributed by atoms with E-state index >= 15 is 0 Å². The van der Waals surface area contributed by atoms with E-state index in [9.17, 15) is 4.79 Å². The van der Waals surface area contributed by atoms with Crippen LogP contribution in [0.3, 0.4) is 0 Å². The maximum absolute atomic E-state index is 12.7. The molecule has 4 rings (SSSR count). The maximum Gasteiger partial charge on any atom is 0.271 e. The van der Waals surface area contributed by atoms with Crippen molar-refractivity contribution in [3.05, 3.63) is 77.6 Å². The van der Waals surface area contributed by atoms with Crippen molar-refractivity contribution in [2.75, 3.05) is 13.7 Å². The maximum atomic E-state index is 12.7. The van der Waals surface area contributed by atoms with E-state index in [-0.39, 0.29) is 11.3 Å². The first kappa shape index (κ1) is 18.3. The molecule has 0 unspecified atom stereocenters. The van der Waals surface area contributed by atoms with Gasteiger partial charge in [0.25, 0.3) is 5.91 Å². The van der Waals surface area contributed by atoms with E-state index in [1.54, 1.807) is 24.1 Å². The zero-order valence-electron chi connectivity index (χ0n) is 16.3. The van der Waals surface area contributed by atoms with Crippen molar-refractivity contribution in [1.29, 1.82) is 0 Å². The predicted octanol–water partition coefficient (Wildman–Crippen LogP) is 4.04. The summed E-state index contributed by atoms with van der Waals surface area (Å²) in [6.07, 6.45) is 5.20. The molecule has 5 heteroatoms. The summed E-state index contributed by atoms with van der Waals surface area (Å²) < 4.78 is 7.12. The molecule has 0 radical (unpaired) electrons. The summed E-state index contributed by atoms with van der Waals surface area (Å²) in [5.41, 5.74) is 3.69. The number of carbonyl (C=O) groups is 1. The average Bonchev–Trinajstić information content (AvgIpc) is 3.18. The number of amides is 1. The summed E-state index contributed by atoms with van der Waals surface area (Å²) >= 11 is 0. The normalized spacial score (nSPS) is 14.9. The number of rotatable bonds is 6. The fraction of sp³-hybridized carbons (Fsp3) is 0.304. The van der Waals surface area contributed by atoms with Gasteiger partial charge >= 0.3 is 0 Å². The number of hydrogen-bond donors (Lipinski definition) is 1. The Hall–Kier alpha value is -3.08. The molecule has 1 fully saturated rings. The topological polar surface area (TPSA) is 56.1 Å². The zero-order valence-corrected chi connectivity index (χ0v) is 16.3. The Morgan fingerprint density at radius 1 is 1.18 bits per heavy atom. The molecule has 0 saturated heterocycles. The van der Waals surface area contributed by atoms with E-state index in [1.165, 1.54) is 12.0 Å². The number of hydrogen-bond acceptors (Lipinski definition) is 3. The van der Waals surface area contributed by atoms with Gasteiger partial charge in [-0.1, -0.05) is 42.8 Å². The minimum absolute atomic E-state index is 0.0548. The van der Waals surface area contributed by atoms with Crippen LogP contribution in [0, 0.1) is 6.92 Å². The molecular weight excluding hydrogens is 350 g/mol. The van der Waals surface area contributed by atoms with Crippen LogP contribution in [0.5, 0.6) is 5.75 Å². The van der Waals surface area contributed by atoms with Crippen molar-refractivity contribution < 1.29 is 9.53 Å². The molecule has 1 heterocycles. The third kappa shape index (κ3) is 3.40. The van der Waals surface area contributed by atoms with E-state index in [1.807, 2.05) is 31.2 Å². The lowest BCUT2D eigenvalue weighted by Crippen LogP contribution is -2.45. The SMILES string of the molecule is COc1ccc(C)cc1-n1ccc(C(=O)NCC2(c3ccccc3)CCC2)n1. The van der Waals surface area contributed by atoms with Crippen molar-refractivity contribution >= 4 is 5.91 Å². The number of nitrogens with zero attached hydrogens (tertiary/aromatic N) is 2. The van der Waals surface area contributed by atoms with Gasteiger partial charge in [0, 0.05) is 18.2 Å². The summed E-state index contributed by atoms with van der Waals surface area (Å²) in [7, 11) is 1.63. The van der Waals surface area contributed by atoms with Gasteiger partial charge in [0.15, 0.2) is 5.69 Å². The van der Waals surface area contributed by atoms with Crippen molar-refractivity contribution in [3.8, 4) is 11.4 Å². The molecular formula is C23H25N3O2. The van der Waals surface area contributed by atoms with Crippen LogP contribution in [0.25, 0.3) is 5.69 Å². The molecule has 5 nitrogen and oxygen atoms in total. The van der Waals surface area contributed by atoms with Gasteiger partial charge in [-0.3, -0.25) is 4.79 Å². The molecule has 1 amide bonds. The molecule has 1 N–H and O–H groups in total. The van der Waals surface area contributed by atoms with E-state index < -0.39 is 0 Å². The number of nitrogens with one attached hydrogen (secondary N) is 1. The fourth-order valence-electron chi connectivity index (χ4n) is 3.86. The highest BCUT2D eigenvalue weighted by Gasteiger charge is 2.38. The summed E-state index contributed by atoms with van der Waals surface area (Å²) in [4.78, 5) is 12.7. The van der Waals surface area contributed by atoms with Crippen LogP contribution >= 0.6 is 0 Å². The summed E-state index contributed by atoms with van der Waals surface area (Å²) in [6, 6.07) is 18.1. The van der Waals surface area contributed by atoms with Crippen LogP contribution in [0.2, 0.25) is 0 Å². The van der Waals surface area contributed by atoms with Gasteiger partial charge in [0.2, 0.25) is 0 Å². The highest BCUT2D eigenvalue weighted by molar-refractivity contribution is 5.92. The summed E-state index contributed by atoms with van der Waals surface area (Å²) in [6.45, 7) is 2.65. The van der Waals surface area contributed by atoms with E-state index in [2.05, 4.69) is 34.7 Å². The molecule has 0 spiro atoms. The molecule has 1 aliphatic rings. The lowest BCUT2D eigenvalue weighted by atomic mass is 9.64. The Bertz CT molecular complexity index is 975. The predicted molar refractivity (Wildman–Crippen MR) is 109 cm³/mol. The molecule has 0 bridgehead atoms. The third-order valence-corrected chi connectivity index (χ3v) is 5.69. The minimum Gasteiger partial charge on any atom is -0.494 e. The number of benzene rings is 2. The van der Waals surface area contributed by atoms with Crippen LogP contribution in [-0.4, -0.2) is 29.3 Å². The van der Waals surface area contributed by atoms with Crippen LogP contribution < -0.4 is 10.1 Å². The highest BCUT2D eigenvalue weighted by Crippen LogP contribution is 2.43. The van der Waals surface area contributed by atoms with Gasteiger partial charge in [-0.2, -0.15) is 5.10 Å². The van der Waals surface area contributed by atoms with E-state index in [0.717, 1.165) is 29.8 Å². The number of ether oxygens (including phenoxy) is 1. The van der Waals surface area contributed by atoms with Gasteiger partial charge in [-0.15, -0.1) is 0 Å². The van der Waals surface area contributed by atoms with Crippen molar-refractivity contribution in [1.82, 2.24) is 15.1 Å². The Balaban J connectivity index is 1.49. The second kappa shape index (κ2) is 7.50. The summed E-state index contributed by atoms with van der Waals surface area (Å²) in [5.74, 6) is 0.575. The monoisotopic (exact) mass is 375 g/mol. The molecule has 144 valence electrons. The summed E-state index contributed by atoms with van der Waals surface area (Å²) in [5, 5.41) is 7.57. The highest BCUT2D eigenvalue weighted by atomic mass is 16.5. The van der Waals surface area contributed by atoms with Gasteiger partial charge in [-0.25, -0.2) is 4.68 Å². The van der Waals surface area contributed by atoms with Crippen LogP contribution in [0.1, 0.15) is 40.9 Å². The average molecular weight is 375 g/mol. The molecule has 2 aromatic carbocycles. The first-order valence-electron chi connectivity index (χ1n) is 9.66. The number of methoxy groups -OCH3 is 1. The zero-order chi connectivity index (χ0) is 19.6. The number of carbonyl (C=O) groups excluding carboxylic acids is 1. The first-order chi connectivity index (χ1) is 13.6. The van der Waals surface area contributed by atoms with Gasteiger partial charge in [-0.05, 0) is 49.1 Å². The smallest absolute Gasteiger partial charge is 0.271 e. The minimum atomic E-state index is -0.146.